The largest absolute Gasteiger partial charge is 0.586 e. The van der Waals surface area contributed by atoms with E-state index in [1.54, 1.807) is 30.3 Å². The molecule has 0 atom stereocenters. The lowest BCUT2D eigenvalue weighted by molar-refractivity contribution is -0.286. The summed E-state index contributed by atoms with van der Waals surface area (Å²) in [6, 6.07) is 13.3. The van der Waals surface area contributed by atoms with Crippen molar-refractivity contribution in [3.8, 4) is 22.6 Å². The zero-order valence-corrected chi connectivity index (χ0v) is 16.3. The summed E-state index contributed by atoms with van der Waals surface area (Å²) in [5.74, 6) is -0.415. The molecule has 0 fully saturated rings. The van der Waals surface area contributed by atoms with E-state index in [0.717, 1.165) is 0 Å². The van der Waals surface area contributed by atoms with Crippen LogP contribution in [0.1, 0.15) is 30.4 Å². The number of benzene rings is 2. The highest BCUT2D eigenvalue weighted by Crippen LogP contribution is 2.46. The van der Waals surface area contributed by atoms with Crippen molar-refractivity contribution in [2.45, 2.75) is 26.2 Å². The number of nitrogens with one attached hydrogen (secondary N) is 1. The maximum absolute atomic E-state index is 13.2. The SMILES string of the molecule is CC(C)n1cccc1C(=O)Nc1ccc(-c2cc3c(cc2Cl)OC(F)(F)O3)cc1. The number of carbonyl (C=O) groups is 1. The number of carbonyl (C=O) groups excluding carboxylic acids is 1. The van der Waals surface area contributed by atoms with Crippen molar-refractivity contribution in [3.05, 3.63) is 65.4 Å². The van der Waals surface area contributed by atoms with Crippen LogP contribution in [-0.2, 0) is 0 Å². The molecule has 1 aromatic heterocycles. The molecule has 8 heteroatoms. The zero-order chi connectivity index (χ0) is 20.8. The average molecular weight is 419 g/mol. The predicted octanol–water partition coefficient (Wildman–Crippen LogP) is 5.96. The number of ether oxygens (including phenoxy) is 2. The first-order valence-electron chi connectivity index (χ1n) is 8.91. The first-order valence-corrected chi connectivity index (χ1v) is 9.29. The Kier molecular flexibility index (Phi) is 4.70. The number of anilines is 1. The van der Waals surface area contributed by atoms with Gasteiger partial charge in [-0.25, -0.2) is 0 Å². The van der Waals surface area contributed by atoms with E-state index < -0.39 is 6.29 Å². The molecule has 1 N–H and O–H groups in total. The Labute approximate surface area is 170 Å². The summed E-state index contributed by atoms with van der Waals surface area (Å²) in [6.07, 6.45) is -1.85. The van der Waals surface area contributed by atoms with E-state index in [2.05, 4.69) is 14.8 Å². The van der Waals surface area contributed by atoms with Crippen molar-refractivity contribution < 1.29 is 23.0 Å². The minimum Gasteiger partial charge on any atom is -0.395 e. The topological polar surface area (TPSA) is 52.5 Å². The molecule has 29 heavy (non-hydrogen) atoms. The quantitative estimate of drug-likeness (QED) is 0.568. The lowest BCUT2D eigenvalue weighted by Crippen LogP contribution is -2.25. The number of alkyl halides is 2. The third-order valence-corrected chi connectivity index (χ3v) is 4.83. The number of hydrogen-bond acceptors (Lipinski definition) is 3. The molecule has 2 heterocycles. The van der Waals surface area contributed by atoms with Crippen molar-refractivity contribution in [1.29, 1.82) is 0 Å². The molecule has 4 rings (SSSR count). The van der Waals surface area contributed by atoms with Gasteiger partial charge in [0.15, 0.2) is 11.5 Å². The Hall–Kier alpha value is -3.06. The molecule has 1 aliphatic heterocycles. The Morgan fingerprint density at radius 2 is 1.76 bits per heavy atom. The van der Waals surface area contributed by atoms with Crippen LogP contribution in [0.15, 0.2) is 54.7 Å². The molecule has 150 valence electrons. The van der Waals surface area contributed by atoms with E-state index in [9.17, 15) is 13.6 Å². The summed E-state index contributed by atoms with van der Waals surface area (Å²) >= 11 is 6.22. The van der Waals surface area contributed by atoms with Crippen LogP contribution in [0.4, 0.5) is 14.5 Å². The molecule has 3 aromatic rings. The van der Waals surface area contributed by atoms with Gasteiger partial charge in [0.1, 0.15) is 5.69 Å². The number of fused-ring (bicyclic) bond motifs is 1. The molecule has 1 amide bonds. The number of aromatic nitrogens is 1. The van der Waals surface area contributed by atoms with Crippen molar-refractivity contribution >= 4 is 23.2 Å². The van der Waals surface area contributed by atoms with Gasteiger partial charge in [0.2, 0.25) is 0 Å². The van der Waals surface area contributed by atoms with E-state index >= 15 is 0 Å². The molecule has 0 aliphatic carbocycles. The van der Waals surface area contributed by atoms with Gasteiger partial charge in [0, 0.05) is 29.6 Å². The monoisotopic (exact) mass is 418 g/mol. The molecule has 0 unspecified atom stereocenters. The molecule has 0 saturated heterocycles. The van der Waals surface area contributed by atoms with Gasteiger partial charge >= 0.3 is 6.29 Å². The number of nitrogens with zero attached hydrogens (tertiary/aromatic N) is 1. The van der Waals surface area contributed by atoms with Crippen LogP contribution in [0.25, 0.3) is 11.1 Å². The maximum Gasteiger partial charge on any atom is 0.586 e. The number of rotatable bonds is 4. The maximum atomic E-state index is 13.2. The Balaban J connectivity index is 1.55. The fraction of sp³-hybridized carbons (Fsp3) is 0.190. The normalized spacial score (nSPS) is 14.3. The minimum atomic E-state index is -3.70. The van der Waals surface area contributed by atoms with E-state index in [1.807, 2.05) is 30.7 Å². The van der Waals surface area contributed by atoms with Crippen LogP contribution in [-0.4, -0.2) is 16.8 Å². The van der Waals surface area contributed by atoms with Crippen molar-refractivity contribution in [2.24, 2.45) is 0 Å². The summed E-state index contributed by atoms with van der Waals surface area (Å²) in [5, 5.41) is 3.10. The third-order valence-electron chi connectivity index (χ3n) is 4.51. The molecule has 0 bridgehead atoms. The summed E-state index contributed by atoms with van der Waals surface area (Å²) < 4.78 is 37.3. The van der Waals surface area contributed by atoms with E-state index in [4.69, 9.17) is 11.6 Å². The Morgan fingerprint density at radius 3 is 2.41 bits per heavy atom. The van der Waals surface area contributed by atoms with Crippen molar-refractivity contribution in [3.63, 3.8) is 0 Å². The fourth-order valence-corrected chi connectivity index (χ4v) is 3.42. The lowest BCUT2D eigenvalue weighted by atomic mass is 10.0. The second-order valence-corrected chi connectivity index (χ2v) is 7.28. The smallest absolute Gasteiger partial charge is 0.395 e. The molecule has 0 spiro atoms. The van der Waals surface area contributed by atoms with E-state index in [0.29, 0.717) is 22.5 Å². The predicted molar refractivity (Wildman–Crippen MR) is 106 cm³/mol. The standard InChI is InChI=1S/C21H17ClF2N2O3/c1-12(2)26-9-3-4-17(26)20(27)25-14-7-5-13(6-8-14)15-10-18-19(11-16(15)22)29-21(23,24)28-18/h3-12H,1-2H3,(H,25,27). The van der Waals surface area contributed by atoms with E-state index in [1.165, 1.54) is 12.1 Å². The molecule has 0 saturated carbocycles. The van der Waals surface area contributed by atoms with Crippen molar-refractivity contribution in [1.82, 2.24) is 4.57 Å². The number of hydrogen-bond donors (Lipinski definition) is 1. The van der Waals surface area contributed by atoms with Crippen LogP contribution >= 0.6 is 11.6 Å². The number of halogens is 3. The second-order valence-electron chi connectivity index (χ2n) is 6.87. The summed E-state index contributed by atoms with van der Waals surface area (Å²) in [7, 11) is 0. The molecular weight excluding hydrogens is 402 g/mol. The molecule has 5 nitrogen and oxygen atoms in total. The highest BCUT2D eigenvalue weighted by atomic mass is 35.5. The second kappa shape index (κ2) is 7.08. The van der Waals surface area contributed by atoms with Gasteiger partial charge in [0.05, 0.1) is 5.02 Å². The number of amides is 1. The Bertz CT molecular complexity index is 1080. The molecular formula is C21H17ClF2N2O3. The average Bonchev–Trinajstić information content (AvgIpc) is 3.25. The van der Waals surface area contributed by atoms with Crippen LogP contribution < -0.4 is 14.8 Å². The van der Waals surface area contributed by atoms with Crippen molar-refractivity contribution in [2.75, 3.05) is 5.32 Å². The first kappa shape index (κ1) is 19.3. The van der Waals surface area contributed by atoms with Gasteiger partial charge in [-0.1, -0.05) is 23.7 Å². The van der Waals surface area contributed by atoms with Gasteiger partial charge in [-0.3, -0.25) is 4.79 Å². The van der Waals surface area contributed by atoms with Gasteiger partial charge in [-0.05, 0) is 49.7 Å². The third kappa shape index (κ3) is 3.78. The van der Waals surface area contributed by atoms with Crippen LogP contribution in [0.5, 0.6) is 11.5 Å². The van der Waals surface area contributed by atoms with Gasteiger partial charge in [-0.15, -0.1) is 8.78 Å². The summed E-state index contributed by atoms with van der Waals surface area (Å²) in [6.45, 7) is 3.99. The molecule has 1 aliphatic rings. The fourth-order valence-electron chi connectivity index (χ4n) is 3.16. The molecule has 0 radical (unpaired) electrons. The van der Waals surface area contributed by atoms with Gasteiger partial charge < -0.3 is 19.4 Å². The van der Waals surface area contributed by atoms with Crippen LogP contribution in [0.2, 0.25) is 5.02 Å². The summed E-state index contributed by atoms with van der Waals surface area (Å²) in [5.41, 5.74) is 2.35. The summed E-state index contributed by atoms with van der Waals surface area (Å²) in [4.78, 5) is 12.5. The first-order chi connectivity index (χ1) is 13.7. The molecule has 2 aromatic carbocycles. The Morgan fingerprint density at radius 1 is 1.10 bits per heavy atom. The lowest BCUT2D eigenvalue weighted by Gasteiger charge is -2.13. The minimum absolute atomic E-state index is 0.0822. The highest BCUT2D eigenvalue weighted by Gasteiger charge is 2.43. The van der Waals surface area contributed by atoms with Crippen LogP contribution in [0.3, 0.4) is 0 Å². The van der Waals surface area contributed by atoms with Gasteiger partial charge in [0.25, 0.3) is 5.91 Å². The highest BCUT2D eigenvalue weighted by molar-refractivity contribution is 6.33. The van der Waals surface area contributed by atoms with E-state index in [-0.39, 0.29) is 28.5 Å². The zero-order valence-electron chi connectivity index (χ0n) is 15.6. The van der Waals surface area contributed by atoms with Crippen LogP contribution in [0, 0.1) is 0 Å². The van der Waals surface area contributed by atoms with Gasteiger partial charge in [-0.2, -0.15) is 0 Å².